The van der Waals surface area contributed by atoms with E-state index in [4.69, 9.17) is 0 Å². The second-order valence-corrected chi connectivity index (χ2v) is 6.28. The van der Waals surface area contributed by atoms with Gasteiger partial charge in [-0.15, -0.1) is 5.10 Å². The van der Waals surface area contributed by atoms with Gasteiger partial charge in [-0.3, -0.25) is 9.48 Å². The molecule has 0 aliphatic rings. The minimum Gasteiger partial charge on any atom is -0.303 e. The monoisotopic (exact) mass is 397 g/mol. The van der Waals surface area contributed by atoms with E-state index in [1.807, 2.05) is 18.2 Å². The van der Waals surface area contributed by atoms with E-state index in [1.54, 1.807) is 16.8 Å². The lowest BCUT2D eigenvalue weighted by Gasteiger charge is -2.08. The lowest BCUT2D eigenvalue weighted by Crippen LogP contribution is -2.15. The summed E-state index contributed by atoms with van der Waals surface area (Å²) in [5, 5.41) is 15.3. The summed E-state index contributed by atoms with van der Waals surface area (Å²) in [6.45, 7) is 0.250. The number of nitrogens with zero attached hydrogens (tertiary/aromatic N) is 4. The van der Waals surface area contributed by atoms with Gasteiger partial charge in [0.15, 0.2) is 11.5 Å². The van der Waals surface area contributed by atoms with Crippen LogP contribution in [0.5, 0.6) is 0 Å². The number of para-hydroxylation sites is 1. The first-order valence-electron chi connectivity index (χ1n) is 8.62. The Labute approximate surface area is 163 Å². The van der Waals surface area contributed by atoms with Gasteiger partial charge in [-0.25, -0.2) is 0 Å². The molecule has 0 fully saturated rings. The Bertz CT molecular complexity index is 1150. The average Bonchev–Trinajstić information content (AvgIpc) is 3.06. The van der Waals surface area contributed by atoms with Gasteiger partial charge in [-0.05, 0) is 42.0 Å². The molecule has 0 atom stereocenters. The molecule has 2 heterocycles. The normalized spacial score (nSPS) is 11.6. The van der Waals surface area contributed by atoms with Gasteiger partial charge < -0.3 is 5.32 Å². The first kappa shape index (κ1) is 18.6. The quantitative estimate of drug-likeness (QED) is 0.562. The van der Waals surface area contributed by atoms with E-state index in [9.17, 15) is 18.0 Å². The van der Waals surface area contributed by atoms with Gasteiger partial charge in [-0.1, -0.05) is 24.3 Å². The zero-order chi connectivity index (χ0) is 20.4. The van der Waals surface area contributed by atoms with Crippen molar-refractivity contribution in [2.45, 2.75) is 12.7 Å². The molecule has 0 bridgehead atoms. The molecule has 1 amide bonds. The molecular weight excluding hydrogens is 383 g/mol. The van der Waals surface area contributed by atoms with Crippen LogP contribution in [-0.2, 0) is 12.7 Å². The molecular formula is C20H14F3N5O. The van der Waals surface area contributed by atoms with Crippen molar-refractivity contribution in [1.82, 2.24) is 20.0 Å². The number of carbonyl (C=O) groups excluding carboxylic acids is 1. The number of anilines is 1. The molecule has 9 heteroatoms. The van der Waals surface area contributed by atoms with E-state index in [0.717, 1.165) is 17.6 Å². The highest BCUT2D eigenvalue weighted by Crippen LogP contribution is 2.29. The number of amides is 1. The minimum absolute atomic E-state index is 0.147. The highest BCUT2D eigenvalue weighted by atomic mass is 19.4. The summed E-state index contributed by atoms with van der Waals surface area (Å²) in [4.78, 5) is 12.4. The fraction of sp³-hybridized carbons (Fsp3) is 0.100. The van der Waals surface area contributed by atoms with Gasteiger partial charge in [0.25, 0.3) is 5.91 Å². The molecule has 0 saturated heterocycles. The highest BCUT2D eigenvalue weighted by Gasteiger charge is 2.30. The molecule has 29 heavy (non-hydrogen) atoms. The molecule has 2 aromatic heterocycles. The van der Waals surface area contributed by atoms with Crippen LogP contribution in [0.25, 0.3) is 10.9 Å². The molecule has 0 unspecified atom stereocenters. The number of fused-ring (bicyclic) bond motifs is 1. The number of benzene rings is 2. The van der Waals surface area contributed by atoms with Crippen molar-refractivity contribution in [2.75, 3.05) is 5.32 Å². The molecule has 0 aliphatic carbocycles. The van der Waals surface area contributed by atoms with Crippen molar-refractivity contribution in [3.63, 3.8) is 0 Å². The van der Waals surface area contributed by atoms with E-state index >= 15 is 0 Å². The van der Waals surface area contributed by atoms with Crippen molar-refractivity contribution < 1.29 is 18.0 Å². The Kier molecular flexibility index (Phi) is 4.71. The number of aromatic nitrogens is 4. The number of carbonyl (C=O) groups is 1. The third-order valence-electron chi connectivity index (χ3n) is 4.31. The zero-order valence-electron chi connectivity index (χ0n) is 14.9. The van der Waals surface area contributed by atoms with Crippen LogP contribution in [0.3, 0.4) is 0 Å². The van der Waals surface area contributed by atoms with Gasteiger partial charge in [0.05, 0.1) is 17.6 Å². The van der Waals surface area contributed by atoms with E-state index in [-0.39, 0.29) is 12.2 Å². The van der Waals surface area contributed by atoms with E-state index in [0.29, 0.717) is 16.8 Å². The summed E-state index contributed by atoms with van der Waals surface area (Å²) in [7, 11) is 0. The van der Waals surface area contributed by atoms with Crippen LogP contribution in [0.15, 0.2) is 66.9 Å². The minimum atomic E-state index is -4.38. The van der Waals surface area contributed by atoms with Crippen LogP contribution >= 0.6 is 0 Å². The summed E-state index contributed by atoms with van der Waals surface area (Å²) in [5.41, 5.74) is 0.831. The van der Waals surface area contributed by atoms with Gasteiger partial charge >= 0.3 is 6.18 Å². The molecule has 4 rings (SSSR count). The fourth-order valence-electron chi connectivity index (χ4n) is 2.91. The fourth-order valence-corrected chi connectivity index (χ4v) is 2.91. The van der Waals surface area contributed by atoms with Crippen LogP contribution in [0, 0.1) is 0 Å². The van der Waals surface area contributed by atoms with Crippen molar-refractivity contribution in [3.05, 3.63) is 83.7 Å². The first-order valence-corrected chi connectivity index (χ1v) is 8.62. The molecule has 0 aliphatic heterocycles. The third-order valence-corrected chi connectivity index (χ3v) is 4.31. The Morgan fingerprint density at radius 1 is 1.00 bits per heavy atom. The number of rotatable bonds is 4. The molecule has 0 saturated carbocycles. The maximum atomic E-state index is 12.8. The summed E-state index contributed by atoms with van der Waals surface area (Å²) in [6, 6.07) is 15.3. The van der Waals surface area contributed by atoms with E-state index in [2.05, 4.69) is 20.6 Å². The van der Waals surface area contributed by atoms with Crippen LogP contribution in [0.2, 0.25) is 0 Å². The van der Waals surface area contributed by atoms with Crippen LogP contribution < -0.4 is 5.32 Å². The predicted molar refractivity (Wildman–Crippen MR) is 100 cm³/mol. The molecule has 0 spiro atoms. The number of alkyl halides is 3. The second-order valence-electron chi connectivity index (χ2n) is 6.28. The lowest BCUT2D eigenvalue weighted by molar-refractivity contribution is -0.137. The molecule has 6 nitrogen and oxygen atoms in total. The highest BCUT2D eigenvalue weighted by molar-refractivity contribution is 6.06. The summed E-state index contributed by atoms with van der Waals surface area (Å²) >= 11 is 0. The maximum Gasteiger partial charge on any atom is 0.416 e. The zero-order valence-corrected chi connectivity index (χ0v) is 14.9. The summed E-state index contributed by atoms with van der Waals surface area (Å²) in [6.07, 6.45) is -2.92. The number of hydrogen-bond donors (Lipinski definition) is 1. The summed E-state index contributed by atoms with van der Waals surface area (Å²) in [5.74, 6) is -0.119. The average molecular weight is 397 g/mol. The van der Waals surface area contributed by atoms with Crippen molar-refractivity contribution in [3.8, 4) is 0 Å². The Hall–Kier alpha value is -3.75. The molecule has 1 N–H and O–H groups in total. The Morgan fingerprint density at radius 3 is 2.45 bits per heavy atom. The third kappa shape index (κ3) is 3.93. The SMILES string of the molecule is O=C(Nc1nn(Cc2ccc(C(F)(F)F)cc2)c2ccccc12)c1cccnn1. The molecule has 0 radical (unpaired) electrons. The van der Waals surface area contributed by atoms with Crippen molar-refractivity contribution >= 4 is 22.6 Å². The topological polar surface area (TPSA) is 72.7 Å². The smallest absolute Gasteiger partial charge is 0.303 e. The second kappa shape index (κ2) is 7.34. The van der Waals surface area contributed by atoms with Crippen molar-refractivity contribution in [1.29, 1.82) is 0 Å². The maximum absolute atomic E-state index is 12.8. The Balaban J connectivity index is 1.63. The first-order chi connectivity index (χ1) is 13.9. The molecule has 4 aromatic rings. The predicted octanol–water partition coefficient (Wildman–Crippen LogP) is 4.15. The van der Waals surface area contributed by atoms with Crippen molar-refractivity contribution in [2.24, 2.45) is 0 Å². The van der Waals surface area contributed by atoms with Crippen LogP contribution in [-0.4, -0.2) is 25.9 Å². The largest absolute Gasteiger partial charge is 0.416 e. The molecule has 2 aromatic carbocycles. The van der Waals surface area contributed by atoms with Crippen LogP contribution in [0.1, 0.15) is 21.6 Å². The van der Waals surface area contributed by atoms with E-state index < -0.39 is 17.6 Å². The molecule has 146 valence electrons. The van der Waals surface area contributed by atoms with Gasteiger partial charge in [0, 0.05) is 11.6 Å². The number of nitrogens with one attached hydrogen (secondary N) is 1. The number of hydrogen-bond acceptors (Lipinski definition) is 4. The standard InChI is InChI=1S/C20H14F3N5O/c21-20(22,23)14-9-7-13(8-10-14)12-28-17-6-2-1-4-15(17)18(27-28)25-19(29)16-5-3-11-24-26-16/h1-11H,12H2,(H,25,27,29). The van der Waals surface area contributed by atoms with Crippen LogP contribution in [0.4, 0.5) is 19.0 Å². The summed E-state index contributed by atoms with van der Waals surface area (Å²) < 4.78 is 39.9. The number of halogens is 3. The van der Waals surface area contributed by atoms with E-state index in [1.165, 1.54) is 24.4 Å². The lowest BCUT2D eigenvalue weighted by atomic mass is 10.1. The Morgan fingerprint density at radius 2 is 1.76 bits per heavy atom. The van der Waals surface area contributed by atoms with Gasteiger partial charge in [-0.2, -0.15) is 23.4 Å². The van der Waals surface area contributed by atoms with Gasteiger partial charge in [0.2, 0.25) is 0 Å². The van der Waals surface area contributed by atoms with Gasteiger partial charge in [0.1, 0.15) is 0 Å².